The number of aromatic nitrogens is 4. The van der Waals surface area contributed by atoms with Gasteiger partial charge >= 0.3 is 5.69 Å². The minimum atomic E-state index is -0.421. The fourth-order valence-corrected chi connectivity index (χ4v) is 4.28. The molecule has 0 aliphatic carbocycles. The number of rotatable bonds is 5. The first-order valence-electron chi connectivity index (χ1n) is 9.90. The smallest absolute Gasteiger partial charge is 0.323 e. The largest absolute Gasteiger partial charge is 0.325 e. The number of aromatic amines is 2. The highest BCUT2D eigenvalue weighted by Crippen LogP contribution is 2.22. The molecule has 0 fully saturated rings. The minimum Gasteiger partial charge on any atom is -0.325 e. The van der Waals surface area contributed by atoms with Gasteiger partial charge in [0.25, 0.3) is 5.56 Å². The minimum absolute atomic E-state index is 0.0202. The topological polar surface area (TPSA) is 113 Å². The highest BCUT2D eigenvalue weighted by molar-refractivity contribution is 7.99. The van der Waals surface area contributed by atoms with Crippen LogP contribution in [0.3, 0.4) is 0 Å². The molecule has 2 heterocycles. The molecule has 33 heavy (non-hydrogen) atoms. The van der Waals surface area contributed by atoms with Gasteiger partial charge in [-0.15, -0.1) is 0 Å². The monoisotopic (exact) mass is 461 g/mol. The Morgan fingerprint density at radius 2 is 1.76 bits per heavy atom. The third kappa shape index (κ3) is 4.15. The average Bonchev–Trinajstić information content (AvgIpc) is 3.18. The van der Waals surface area contributed by atoms with Crippen molar-refractivity contribution in [1.82, 2.24) is 19.5 Å². The molecule has 5 aromatic rings. The number of H-pyrrole nitrogens is 2. The Labute approximate surface area is 189 Å². The van der Waals surface area contributed by atoms with Crippen molar-refractivity contribution in [2.45, 2.75) is 5.16 Å². The van der Waals surface area contributed by atoms with Gasteiger partial charge in [0, 0.05) is 5.69 Å². The molecule has 2 aromatic heterocycles. The number of imidazole rings is 1. The van der Waals surface area contributed by atoms with E-state index >= 15 is 0 Å². The number of amides is 1. The predicted molar refractivity (Wildman–Crippen MR) is 126 cm³/mol. The number of nitrogens with zero attached hydrogens (tertiary/aromatic N) is 2. The molecule has 3 aromatic carbocycles. The van der Waals surface area contributed by atoms with Crippen LogP contribution in [0.5, 0.6) is 0 Å². The van der Waals surface area contributed by atoms with Crippen LogP contribution >= 0.6 is 11.8 Å². The third-order valence-corrected chi connectivity index (χ3v) is 5.90. The van der Waals surface area contributed by atoms with Crippen LogP contribution in [0.2, 0.25) is 0 Å². The van der Waals surface area contributed by atoms with Gasteiger partial charge in [-0.25, -0.2) is 14.2 Å². The van der Waals surface area contributed by atoms with Gasteiger partial charge in [-0.1, -0.05) is 23.9 Å². The number of halogens is 1. The van der Waals surface area contributed by atoms with Crippen molar-refractivity contribution in [3.63, 3.8) is 0 Å². The quantitative estimate of drug-likeness (QED) is 0.274. The molecule has 5 rings (SSSR count). The summed E-state index contributed by atoms with van der Waals surface area (Å²) in [6, 6.07) is 17.4. The zero-order valence-corrected chi connectivity index (χ0v) is 17.8. The van der Waals surface area contributed by atoms with E-state index < -0.39 is 5.82 Å². The zero-order valence-electron chi connectivity index (χ0n) is 17.0. The maximum atomic E-state index is 13.4. The molecular formula is C23H16FN5O3S. The summed E-state index contributed by atoms with van der Waals surface area (Å²) in [5.74, 6) is -0.756. The van der Waals surface area contributed by atoms with E-state index in [-0.39, 0.29) is 22.9 Å². The molecular weight excluding hydrogens is 445 g/mol. The lowest BCUT2D eigenvalue weighted by Crippen LogP contribution is -2.23. The number of benzene rings is 3. The van der Waals surface area contributed by atoms with Gasteiger partial charge in [-0.2, -0.15) is 0 Å². The van der Waals surface area contributed by atoms with E-state index in [1.54, 1.807) is 42.5 Å². The molecule has 0 aliphatic rings. The van der Waals surface area contributed by atoms with Crippen molar-refractivity contribution in [2.75, 3.05) is 11.1 Å². The number of anilines is 1. The number of carbonyl (C=O) groups is 1. The van der Waals surface area contributed by atoms with Gasteiger partial charge < -0.3 is 15.3 Å². The molecule has 0 saturated heterocycles. The lowest BCUT2D eigenvalue weighted by atomic mass is 10.2. The molecule has 0 aliphatic heterocycles. The summed E-state index contributed by atoms with van der Waals surface area (Å²) in [6.45, 7) is 0. The summed E-state index contributed by atoms with van der Waals surface area (Å²) < 4.78 is 14.8. The molecule has 0 saturated carbocycles. The second-order valence-corrected chi connectivity index (χ2v) is 8.15. The van der Waals surface area contributed by atoms with Crippen LogP contribution in [0.15, 0.2) is 81.5 Å². The molecule has 0 unspecified atom stereocenters. The van der Waals surface area contributed by atoms with Crippen LogP contribution in [-0.4, -0.2) is 31.2 Å². The first kappa shape index (κ1) is 20.7. The zero-order chi connectivity index (χ0) is 22.9. The number of para-hydroxylation sites is 1. The number of carbonyl (C=O) groups excluding carboxylic acids is 1. The first-order valence-corrected chi connectivity index (χ1v) is 10.9. The van der Waals surface area contributed by atoms with Crippen LogP contribution in [0.1, 0.15) is 0 Å². The summed E-state index contributed by atoms with van der Waals surface area (Å²) in [5, 5.41) is 3.50. The van der Waals surface area contributed by atoms with Crippen LogP contribution in [0, 0.1) is 5.82 Å². The van der Waals surface area contributed by atoms with Crippen molar-refractivity contribution in [2.24, 2.45) is 0 Å². The molecule has 0 radical (unpaired) electrons. The standard InChI is InChI=1S/C23H16FN5O3S/c24-13-5-8-15(9-6-13)29-21(31)16-3-1-2-4-17(16)28-23(29)33-12-20(30)25-14-7-10-18-19(11-14)27-22(32)26-18/h1-11H,12H2,(H,25,30)(H2,26,27,32). The Morgan fingerprint density at radius 1 is 1.00 bits per heavy atom. The van der Waals surface area contributed by atoms with Gasteiger partial charge in [0.2, 0.25) is 5.91 Å². The number of hydrogen-bond donors (Lipinski definition) is 3. The second kappa shape index (κ2) is 8.40. The van der Waals surface area contributed by atoms with Gasteiger partial charge in [-0.3, -0.25) is 14.2 Å². The summed E-state index contributed by atoms with van der Waals surface area (Å²) in [5.41, 5.74) is 2.05. The van der Waals surface area contributed by atoms with E-state index in [0.717, 1.165) is 11.8 Å². The third-order valence-electron chi connectivity index (χ3n) is 4.96. The summed E-state index contributed by atoms with van der Waals surface area (Å²) in [7, 11) is 0. The molecule has 0 atom stereocenters. The summed E-state index contributed by atoms with van der Waals surface area (Å²) in [4.78, 5) is 47.0. The molecule has 10 heteroatoms. The lowest BCUT2D eigenvalue weighted by Gasteiger charge is -2.13. The molecule has 1 amide bonds. The number of thioether (sulfide) groups is 1. The van der Waals surface area contributed by atoms with E-state index in [2.05, 4.69) is 20.3 Å². The molecule has 8 nitrogen and oxygen atoms in total. The van der Waals surface area contributed by atoms with Crippen LogP contribution in [0.4, 0.5) is 10.1 Å². The summed E-state index contributed by atoms with van der Waals surface area (Å²) in [6.07, 6.45) is 0. The molecule has 0 bridgehead atoms. The van der Waals surface area contributed by atoms with E-state index in [9.17, 15) is 18.8 Å². The van der Waals surface area contributed by atoms with E-state index in [0.29, 0.717) is 38.5 Å². The fraction of sp³-hybridized carbons (Fsp3) is 0.0435. The first-order chi connectivity index (χ1) is 16.0. The van der Waals surface area contributed by atoms with E-state index in [4.69, 9.17) is 0 Å². The lowest BCUT2D eigenvalue weighted by molar-refractivity contribution is -0.113. The van der Waals surface area contributed by atoms with Crippen LogP contribution < -0.4 is 16.6 Å². The van der Waals surface area contributed by atoms with Crippen molar-refractivity contribution >= 4 is 45.3 Å². The van der Waals surface area contributed by atoms with Gasteiger partial charge in [0.1, 0.15) is 5.82 Å². The van der Waals surface area contributed by atoms with Gasteiger partial charge in [-0.05, 0) is 54.6 Å². The Morgan fingerprint density at radius 3 is 2.58 bits per heavy atom. The highest BCUT2D eigenvalue weighted by atomic mass is 32.2. The van der Waals surface area contributed by atoms with Crippen molar-refractivity contribution in [3.8, 4) is 5.69 Å². The Bertz CT molecular complexity index is 1620. The Kier molecular flexibility index (Phi) is 5.27. The second-order valence-electron chi connectivity index (χ2n) is 7.20. The SMILES string of the molecule is O=C(CSc1nc2ccccc2c(=O)n1-c1ccc(F)cc1)Nc1ccc2[nH]c(=O)[nH]c2c1. The van der Waals surface area contributed by atoms with Gasteiger partial charge in [0.15, 0.2) is 5.16 Å². The summed E-state index contributed by atoms with van der Waals surface area (Å²) >= 11 is 1.09. The Hall–Kier alpha value is -4.18. The molecule has 164 valence electrons. The van der Waals surface area contributed by atoms with Crippen molar-refractivity contribution in [3.05, 3.63) is 93.4 Å². The average molecular weight is 461 g/mol. The number of fused-ring (bicyclic) bond motifs is 2. The number of hydrogen-bond acceptors (Lipinski definition) is 5. The maximum Gasteiger partial charge on any atom is 0.323 e. The van der Waals surface area contributed by atoms with Crippen molar-refractivity contribution in [1.29, 1.82) is 0 Å². The molecule has 0 spiro atoms. The van der Waals surface area contributed by atoms with Crippen LogP contribution in [-0.2, 0) is 4.79 Å². The molecule has 3 N–H and O–H groups in total. The number of nitrogens with one attached hydrogen (secondary N) is 3. The van der Waals surface area contributed by atoms with Crippen LogP contribution in [0.25, 0.3) is 27.6 Å². The van der Waals surface area contributed by atoms with Crippen molar-refractivity contribution < 1.29 is 9.18 Å². The van der Waals surface area contributed by atoms with E-state index in [1.165, 1.54) is 28.8 Å². The predicted octanol–water partition coefficient (Wildman–Crippen LogP) is 3.43. The van der Waals surface area contributed by atoms with E-state index in [1.807, 2.05) is 0 Å². The highest BCUT2D eigenvalue weighted by Gasteiger charge is 2.15. The Balaban J connectivity index is 1.44. The fourth-order valence-electron chi connectivity index (χ4n) is 3.46. The maximum absolute atomic E-state index is 13.4. The normalized spacial score (nSPS) is 11.2. The van der Waals surface area contributed by atoms with Gasteiger partial charge in [0.05, 0.1) is 33.4 Å².